The highest BCUT2D eigenvalue weighted by Gasteiger charge is 2.24. The van der Waals surface area contributed by atoms with Gasteiger partial charge in [-0.2, -0.15) is 0 Å². The SMILES string of the molecule is CCCCCCCCCCCCCCCCCCOC(=O)C(C)c1cc(C)c(O)c(C(C)(C)C)c1. The van der Waals surface area contributed by atoms with Gasteiger partial charge in [-0.25, -0.2) is 0 Å². The van der Waals surface area contributed by atoms with Crippen LogP contribution < -0.4 is 0 Å². The smallest absolute Gasteiger partial charge is 0.313 e. The van der Waals surface area contributed by atoms with Crippen LogP contribution in [-0.2, 0) is 14.9 Å². The molecule has 1 N–H and O–H groups in total. The van der Waals surface area contributed by atoms with Crippen molar-refractivity contribution >= 4 is 5.97 Å². The minimum absolute atomic E-state index is 0.170. The number of carbonyl (C=O) groups excluding carboxylic acids is 1. The van der Waals surface area contributed by atoms with Crippen LogP contribution in [0.5, 0.6) is 5.75 Å². The van der Waals surface area contributed by atoms with E-state index in [-0.39, 0.29) is 17.3 Å². The molecular formula is C32H56O3. The van der Waals surface area contributed by atoms with Crippen LogP contribution in [0.4, 0.5) is 0 Å². The van der Waals surface area contributed by atoms with Gasteiger partial charge in [-0.15, -0.1) is 0 Å². The van der Waals surface area contributed by atoms with E-state index in [0.29, 0.717) is 12.4 Å². The average Bonchev–Trinajstić information content (AvgIpc) is 2.81. The lowest BCUT2D eigenvalue weighted by Crippen LogP contribution is -2.17. The molecular weight excluding hydrogens is 432 g/mol. The number of benzene rings is 1. The average molecular weight is 489 g/mol. The minimum atomic E-state index is -0.323. The zero-order valence-corrected chi connectivity index (χ0v) is 24.0. The summed E-state index contributed by atoms with van der Waals surface area (Å²) in [4.78, 5) is 12.6. The Kier molecular flexibility index (Phi) is 16.1. The Morgan fingerprint density at radius 1 is 0.800 bits per heavy atom. The number of hydrogen-bond acceptors (Lipinski definition) is 3. The zero-order valence-electron chi connectivity index (χ0n) is 24.0. The summed E-state index contributed by atoms with van der Waals surface area (Å²) < 4.78 is 5.57. The molecule has 1 rings (SSSR count). The highest BCUT2D eigenvalue weighted by atomic mass is 16.5. The van der Waals surface area contributed by atoms with E-state index < -0.39 is 0 Å². The fraction of sp³-hybridized carbons (Fsp3) is 0.781. The lowest BCUT2D eigenvalue weighted by Gasteiger charge is -2.24. The summed E-state index contributed by atoms with van der Waals surface area (Å²) in [7, 11) is 0. The van der Waals surface area contributed by atoms with Gasteiger partial charge in [-0.1, -0.05) is 136 Å². The molecule has 3 nitrogen and oxygen atoms in total. The molecule has 0 fully saturated rings. The van der Waals surface area contributed by atoms with E-state index in [0.717, 1.165) is 29.5 Å². The van der Waals surface area contributed by atoms with Crippen LogP contribution in [0.2, 0.25) is 0 Å². The Hall–Kier alpha value is -1.51. The second kappa shape index (κ2) is 17.8. The molecule has 0 bridgehead atoms. The fourth-order valence-corrected chi connectivity index (χ4v) is 4.71. The van der Waals surface area contributed by atoms with Crippen molar-refractivity contribution in [3.63, 3.8) is 0 Å². The molecule has 1 aromatic carbocycles. The largest absolute Gasteiger partial charge is 0.507 e. The third-order valence-corrected chi connectivity index (χ3v) is 7.23. The van der Waals surface area contributed by atoms with Crippen molar-refractivity contribution in [1.29, 1.82) is 0 Å². The van der Waals surface area contributed by atoms with E-state index in [1.807, 2.05) is 26.0 Å². The van der Waals surface area contributed by atoms with E-state index in [1.165, 1.54) is 89.9 Å². The number of phenols is 1. The number of ether oxygens (including phenoxy) is 1. The Morgan fingerprint density at radius 3 is 1.66 bits per heavy atom. The summed E-state index contributed by atoms with van der Waals surface area (Å²) in [6.07, 6.45) is 21.4. The predicted molar refractivity (Wildman–Crippen MR) is 150 cm³/mol. The van der Waals surface area contributed by atoms with Crippen LogP contribution in [0.1, 0.15) is 160 Å². The fourth-order valence-electron chi connectivity index (χ4n) is 4.71. The molecule has 0 saturated heterocycles. The van der Waals surface area contributed by atoms with Gasteiger partial charge in [-0.3, -0.25) is 4.79 Å². The molecule has 0 saturated carbocycles. The molecule has 1 aromatic rings. The van der Waals surface area contributed by atoms with Crippen LogP contribution in [0.15, 0.2) is 12.1 Å². The summed E-state index contributed by atoms with van der Waals surface area (Å²) in [6.45, 7) is 12.8. The van der Waals surface area contributed by atoms with E-state index in [4.69, 9.17) is 4.74 Å². The maximum atomic E-state index is 12.6. The van der Waals surface area contributed by atoms with Gasteiger partial charge in [0.2, 0.25) is 0 Å². The van der Waals surface area contributed by atoms with Gasteiger partial charge < -0.3 is 9.84 Å². The molecule has 1 atom stereocenters. The molecule has 0 aliphatic rings. The van der Waals surface area contributed by atoms with Crippen LogP contribution in [0, 0.1) is 6.92 Å². The zero-order chi connectivity index (χ0) is 26.1. The minimum Gasteiger partial charge on any atom is -0.507 e. The molecule has 0 aliphatic carbocycles. The standard InChI is InChI=1S/C32H56O3/c1-7-8-9-10-11-12-13-14-15-16-17-18-19-20-21-22-23-35-31(34)27(3)28-24-26(2)30(33)29(25-28)32(4,5)6/h24-25,27,33H,7-23H2,1-6H3. The third kappa shape index (κ3) is 13.4. The van der Waals surface area contributed by atoms with Gasteiger partial charge >= 0.3 is 5.97 Å². The molecule has 0 aliphatic heterocycles. The van der Waals surface area contributed by atoms with E-state index in [2.05, 4.69) is 27.7 Å². The molecule has 35 heavy (non-hydrogen) atoms. The monoisotopic (exact) mass is 488 g/mol. The number of unbranched alkanes of at least 4 members (excludes halogenated alkanes) is 15. The van der Waals surface area contributed by atoms with Crippen molar-refractivity contribution < 1.29 is 14.6 Å². The van der Waals surface area contributed by atoms with E-state index in [1.54, 1.807) is 0 Å². The molecule has 0 amide bonds. The van der Waals surface area contributed by atoms with Gasteiger partial charge in [0.25, 0.3) is 0 Å². The number of aryl methyl sites for hydroxylation is 1. The number of carbonyl (C=O) groups is 1. The Labute approximate surface area is 217 Å². The maximum absolute atomic E-state index is 12.6. The lowest BCUT2D eigenvalue weighted by molar-refractivity contribution is -0.145. The molecule has 3 heteroatoms. The number of hydrogen-bond donors (Lipinski definition) is 1. The summed E-state index contributed by atoms with van der Waals surface area (Å²) in [6, 6.07) is 3.87. The van der Waals surface area contributed by atoms with E-state index in [9.17, 15) is 9.90 Å². The molecule has 0 spiro atoms. The van der Waals surface area contributed by atoms with Crippen LogP contribution in [0.25, 0.3) is 0 Å². The summed E-state index contributed by atoms with van der Waals surface area (Å²) in [5, 5.41) is 10.4. The van der Waals surface area contributed by atoms with Gasteiger partial charge in [0.05, 0.1) is 12.5 Å². The first kappa shape index (κ1) is 31.5. The molecule has 202 valence electrons. The number of phenolic OH excluding ortho intramolecular Hbond substituents is 1. The van der Waals surface area contributed by atoms with Gasteiger partial charge in [0.15, 0.2) is 0 Å². The van der Waals surface area contributed by atoms with Crippen molar-refractivity contribution in [2.45, 2.75) is 156 Å². The van der Waals surface area contributed by atoms with Gasteiger partial charge in [-0.05, 0) is 42.4 Å². The summed E-state index contributed by atoms with van der Waals surface area (Å²) in [5.41, 5.74) is 2.43. The first-order valence-electron chi connectivity index (χ1n) is 14.7. The second-order valence-electron chi connectivity index (χ2n) is 11.7. The normalized spacial score (nSPS) is 12.6. The topological polar surface area (TPSA) is 46.5 Å². The first-order valence-corrected chi connectivity index (χ1v) is 14.7. The third-order valence-electron chi connectivity index (χ3n) is 7.23. The van der Waals surface area contributed by atoms with Crippen molar-refractivity contribution in [2.75, 3.05) is 6.61 Å². The van der Waals surface area contributed by atoms with Crippen molar-refractivity contribution in [2.24, 2.45) is 0 Å². The molecule has 0 radical (unpaired) electrons. The number of rotatable bonds is 19. The lowest BCUT2D eigenvalue weighted by atomic mass is 9.82. The molecule has 1 unspecified atom stereocenters. The van der Waals surface area contributed by atoms with Crippen LogP contribution in [-0.4, -0.2) is 17.7 Å². The Bertz CT molecular complexity index is 701. The molecule has 0 aromatic heterocycles. The Balaban J connectivity index is 2.08. The second-order valence-corrected chi connectivity index (χ2v) is 11.7. The highest BCUT2D eigenvalue weighted by Crippen LogP contribution is 2.36. The van der Waals surface area contributed by atoms with Gasteiger partial charge in [0, 0.05) is 0 Å². The maximum Gasteiger partial charge on any atom is 0.313 e. The summed E-state index contributed by atoms with van der Waals surface area (Å²) in [5.74, 6) is -0.164. The Morgan fingerprint density at radius 2 is 1.23 bits per heavy atom. The molecule has 0 heterocycles. The summed E-state index contributed by atoms with van der Waals surface area (Å²) >= 11 is 0. The quantitative estimate of drug-likeness (QED) is 0.156. The van der Waals surface area contributed by atoms with Gasteiger partial charge in [0.1, 0.15) is 5.75 Å². The van der Waals surface area contributed by atoms with Crippen molar-refractivity contribution in [1.82, 2.24) is 0 Å². The van der Waals surface area contributed by atoms with E-state index >= 15 is 0 Å². The van der Waals surface area contributed by atoms with Crippen molar-refractivity contribution in [3.8, 4) is 5.75 Å². The van der Waals surface area contributed by atoms with Crippen LogP contribution >= 0.6 is 0 Å². The highest BCUT2D eigenvalue weighted by molar-refractivity contribution is 5.78. The van der Waals surface area contributed by atoms with Crippen molar-refractivity contribution in [3.05, 3.63) is 28.8 Å². The first-order chi connectivity index (χ1) is 16.7. The van der Waals surface area contributed by atoms with Crippen LogP contribution in [0.3, 0.4) is 0 Å². The predicted octanol–water partition coefficient (Wildman–Crippen LogP) is 9.91. The number of aromatic hydroxyl groups is 1. The number of esters is 1.